The molecule has 0 aromatic heterocycles. The van der Waals surface area contributed by atoms with Crippen molar-refractivity contribution in [3.05, 3.63) is 0 Å². The van der Waals surface area contributed by atoms with E-state index in [1.54, 1.807) is 0 Å². The van der Waals surface area contributed by atoms with Crippen molar-refractivity contribution in [3.8, 4) is 0 Å². The third kappa shape index (κ3) is 2.44. The van der Waals surface area contributed by atoms with E-state index in [1.165, 1.54) is 0 Å². The molecule has 0 saturated heterocycles. The Labute approximate surface area is 78.8 Å². The highest BCUT2D eigenvalue weighted by atomic mass is 16.4. The molecule has 0 spiro atoms. The molecule has 3 unspecified atom stereocenters. The fourth-order valence-corrected chi connectivity index (χ4v) is 2.41. The fourth-order valence-electron chi connectivity index (χ4n) is 2.41. The average molecular weight is 186 g/mol. The van der Waals surface area contributed by atoms with Crippen LogP contribution in [0.3, 0.4) is 0 Å². The second-order valence-corrected chi connectivity index (χ2v) is 3.96. The summed E-state index contributed by atoms with van der Waals surface area (Å²) in [6, 6.07) is 0. The highest BCUT2D eigenvalue weighted by molar-refractivity contribution is 5.70. The molecule has 1 aliphatic rings. The lowest BCUT2D eigenvalue weighted by Crippen LogP contribution is -2.17. The van der Waals surface area contributed by atoms with Crippen LogP contribution in [0, 0.1) is 17.8 Å². The predicted octanol–water partition coefficient (Wildman–Crippen LogP) is 1.51. The van der Waals surface area contributed by atoms with Gasteiger partial charge < -0.3 is 10.2 Å². The van der Waals surface area contributed by atoms with Gasteiger partial charge in [0, 0.05) is 6.61 Å². The van der Waals surface area contributed by atoms with Crippen molar-refractivity contribution >= 4 is 5.97 Å². The number of aliphatic carboxylic acids is 1. The molecule has 3 nitrogen and oxygen atoms in total. The molecule has 1 saturated carbocycles. The Morgan fingerprint density at radius 2 is 2.15 bits per heavy atom. The lowest BCUT2D eigenvalue weighted by molar-refractivity contribution is -0.143. The van der Waals surface area contributed by atoms with Crippen LogP contribution in [-0.4, -0.2) is 22.8 Å². The van der Waals surface area contributed by atoms with Gasteiger partial charge in [-0.05, 0) is 31.1 Å². The Morgan fingerprint density at radius 3 is 2.54 bits per heavy atom. The number of aliphatic hydroxyl groups excluding tert-OH is 1. The third-order valence-electron chi connectivity index (χ3n) is 3.17. The molecule has 0 radical (unpaired) electrons. The maximum atomic E-state index is 10.9. The zero-order valence-electron chi connectivity index (χ0n) is 8.07. The van der Waals surface area contributed by atoms with E-state index in [0.29, 0.717) is 11.8 Å². The van der Waals surface area contributed by atoms with Gasteiger partial charge in [-0.3, -0.25) is 4.79 Å². The molecular formula is C10H18O3. The van der Waals surface area contributed by atoms with Crippen LogP contribution in [0.5, 0.6) is 0 Å². The second kappa shape index (κ2) is 4.61. The number of carbonyl (C=O) groups is 1. The molecule has 3 heteroatoms. The molecule has 0 heterocycles. The normalized spacial score (nSPS) is 33.5. The Morgan fingerprint density at radius 1 is 1.46 bits per heavy atom. The van der Waals surface area contributed by atoms with Gasteiger partial charge in [0.05, 0.1) is 5.92 Å². The molecule has 0 aromatic carbocycles. The molecule has 0 aromatic rings. The first-order valence-electron chi connectivity index (χ1n) is 5.02. The van der Waals surface area contributed by atoms with Crippen LogP contribution in [-0.2, 0) is 4.79 Å². The van der Waals surface area contributed by atoms with Gasteiger partial charge in [-0.1, -0.05) is 13.3 Å². The van der Waals surface area contributed by atoms with Gasteiger partial charge in [0.15, 0.2) is 0 Å². The maximum Gasteiger partial charge on any atom is 0.306 e. The van der Waals surface area contributed by atoms with E-state index in [4.69, 9.17) is 10.2 Å². The van der Waals surface area contributed by atoms with Gasteiger partial charge in [0.2, 0.25) is 0 Å². The minimum Gasteiger partial charge on any atom is -0.481 e. The molecule has 1 aliphatic carbocycles. The van der Waals surface area contributed by atoms with Crippen LogP contribution in [0.15, 0.2) is 0 Å². The second-order valence-electron chi connectivity index (χ2n) is 3.96. The van der Waals surface area contributed by atoms with E-state index in [2.05, 4.69) is 0 Å². The van der Waals surface area contributed by atoms with Gasteiger partial charge in [-0.2, -0.15) is 0 Å². The zero-order valence-corrected chi connectivity index (χ0v) is 8.07. The van der Waals surface area contributed by atoms with Crippen LogP contribution in [0.2, 0.25) is 0 Å². The van der Waals surface area contributed by atoms with Crippen molar-refractivity contribution in [1.29, 1.82) is 0 Å². The number of rotatable bonds is 4. The first-order chi connectivity index (χ1) is 6.19. The molecule has 0 amide bonds. The van der Waals surface area contributed by atoms with Gasteiger partial charge >= 0.3 is 5.97 Å². The number of carboxylic acid groups (broad SMARTS) is 1. The maximum absolute atomic E-state index is 10.9. The van der Waals surface area contributed by atoms with Crippen molar-refractivity contribution in [1.82, 2.24) is 0 Å². The van der Waals surface area contributed by atoms with E-state index < -0.39 is 5.97 Å². The van der Waals surface area contributed by atoms with Crippen LogP contribution >= 0.6 is 0 Å². The Hall–Kier alpha value is -0.570. The van der Waals surface area contributed by atoms with Gasteiger partial charge in [0.25, 0.3) is 0 Å². The van der Waals surface area contributed by atoms with Gasteiger partial charge in [-0.15, -0.1) is 0 Å². The lowest BCUT2D eigenvalue weighted by atomic mass is 9.94. The van der Waals surface area contributed by atoms with Crippen molar-refractivity contribution in [2.75, 3.05) is 6.61 Å². The van der Waals surface area contributed by atoms with Crippen molar-refractivity contribution in [2.45, 2.75) is 32.6 Å². The summed E-state index contributed by atoms with van der Waals surface area (Å²) in [5.41, 5.74) is 0. The van der Waals surface area contributed by atoms with E-state index >= 15 is 0 Å². The third-order valence-corrected chi connectivity index (χ3v) is 3.17. The molecule has 13 heavy (non-hydrogen) atoms. The van der Waals surface area contributed by atoms with E-state index in [0.717, 1.165) is 25.7 Å². The number of hydrogen-bond acceptors (Lipinski definition) is 2. The number of aliphatic hydroxyl groups is 1. The minimum atomic E-state index is -0.660. The summed E-state index contributed by atoms with van der Waals surface area (Å²) in [6.07, 6.45) is 3.45. The molecule has 1 fully saturated rings. The van der Waals surface area contributed by atoms with Crippen LogP contribution in [0.4, 0.5) is 0 Å². The quantitative estimate of drug-likeness (QED) is 0.699. The molecule has 2 N–H and O–H groups in total. The molecule has 3 atom stereocenters. The van der Waals surface area contributed by atoms with E-state index in [9.17, 15) is 4.79 Å². The van der Waals surface area contributed by atoms with Crippen molar-refractivity contribution in [2.24, 2.45) is 17.8 Å². The van der Waals surface area contributed by atoms with Crippen LogP contribution in [0.1, 0.15) is 32.6 Å². The molecule has 0 bridgehead atoms. The van der Waals surface area contributed by atoms with E-state index in [-0.39, 0.29) is 12.5 Å². The number of hydrogen-bond donors (Lipinski definition) is 2. The average Bonchev–Trinajstić information content (AvgIpc) is 2.48. The fraction of sp³-hybridized carbons (Fsp3) is 0.900. The highest BCUT2D eigenvalue weighted by Crippen LogP contribution is 2.39. The molecule has 76 valence electrons. The lowest BCUT2D eigenvalue weighted by Gasteiger charge is -2.11. The predicted molar refractivity (Wildman–Crippen MR) is 49.3 cm³/mol. The van der Waals surface area contributed by atoms with Crippen molar-refractivity contribution in [3.63, 3.8) is 0 Å². The summed E-state index contributed by atoms with van der Waals surface area (Å²) in [5, 5.41) is 17.7. The summed E-state index contributed by atoms with van der Waals surface area (Å²) >= 11 is 0. The first-order valence-corrected chi connectivity index (χ1v) is 5.02. The smallest absolute Gasteiger partial charge is 0.306 e. The van der Waals surface area contributed by atoms with Crippen LogP contribution < -0.4 is 0 Å². The van der Waals surface area contributed by atoms with Gasteiger partial charge in [0.1, 0.15) is 0 Å². The topological polar surface area (TPSA) is 57.5 Å². The SMILES string of the molecule is CCC1CC(CCO)CC1C(=O)O. The number of carboxylic acids is 1. The van der Waals surface area contributed by atoms with Crippen LogP contribution in [0.25, 0.3) is 0 Å². The summed E-state index contributed by atoms with van der Waals surface area (Å²) in [5.74, 6) is -0.0704. The van der Waals surface area contributed by atoms with E-state index in [1.807, 2.05) is 6.92 Å². The summed E-state index contributed by atoms with van der Waals surface area (Å²) < 4.78 is 0. The highest BCUT2D eigenvalue weighted by Gasteiger charge is 2.36. The Kier molecular flexibility index (Phi) is 3.72. The molecule has 1 rings (SSSR count). The Bertz CT molecular complexity index is 179. The summed E-state index contributed by atoms with van der Waals surface area (Å²) in [4.78, 5) is 10.9. The summed E-state index contributed by atoms with van der Waals surface area (Å²) in [6.45, 7) is 2.23. The van der Waals surface area contributed by atoms with Gasteiger partial charge in [-0.25, -0.2) is 0 Å². The minimum absolute atomic E-state index is 0.165. The largest absolute Gasteiger partial charge is 0.481 e. The first kappa shape index (κ1) is 10.5. The molecule has 0 aliphatic heterocycles. The zero-order chi connectivity index (χ0) is 9.84. The molecular weight excluding hydrogens is 168 g/mol. The monoisotopic (exact) mass is 186 g/mol. The Balaban J connectivity index is 2.50. The summed E-state index contributed by atoms with van der Waals surface area (Å²) in [7, 11) is 0. The van der Waals surface area contributed by atoms with Crippen molar-refractivity contribution < 1.29 is 15.0 Å². The standard InChI is InChI=1S/C10H18O3/c1-2-8-5-7(3-4-11)6-9(8)10(12)13/h7-9,11H,2-6H2,1H3,(H,12,13).